The van der Waals surface area contributed by atoms with Gasteiger partial charge in [-0.1, -0.05) is 0 Å². The Hall–Kier alpha value is -2.38. The van der Waals surface area contributed by atoms with E-state index < -0.39 is 41.4 Å². The molecule has 0 bridgehead atoms. The summed E-state index contributed by atoms with van der Waals surface area (Å²) in [6, 6.07) is 2.51. The quantitative estimate of drug-likeness (QED) is 0.375. The number of aldehydes is 1. The van der Waals surface area contributed by atoms with Crippen LogP contribution in [0.25, 0.3) is 0 Å². The molecule has 2 aromatic rings. The number of ether oxygens (including phenoxy) is 1. The van der Waals surface area contributed by atoms with Crippen molar-refractivity contribution in [1.82, 2.24) is 0 Å². The van der Waals surface area contributed by atoms with Crippen LogP contribution in [0.1, 0.15) is 16.3 Å². The third-order valence-electron chi connectivity index (χ3n) is 2.33. The highest BCUT2D eigenvalue weighted by Crippen LogP contribution is 2.29. The predicted octanol–water partition coefficient (Wildman–Crippen LogP) is 3.37. The zero-order chi connectivity index (χ0) is 14.9. The standard InChI is InChI=1S/C12H5F5O3/c13-7-8(14)10(16)12(11(17)9(7)15)19-4-6-2-1-5(3-18)20-6/h1-3H,4H2. The van der Waals surface area contributed by atoms with Crippen molar-refractivity contribution in [2.45, 2.75) is 6.61 Å². The Morgan fingerprint density at radius 1 is 0.950 bits per heavy atom. The largest absolute Gasteiger partial charge is 0.479 e. The molecule has 2 rings (SSSR count). The maximum atomic E-state index is 13.2. The van der Waals surface area contributed by atoms with Gasteiger partial charge in [-0.05, 0) is 12.1 Å². The lowest BCUT2D eigenvalue weighted by Gasteiger charge is -2.08. The molecule has 3 nitrogen and oxygen atoms in total. The zero-order valence-corrected chi connectivity index (χ0v) is 9.55. The fraction of sp³-hybridized carbons (Fsp3) is 0.0833. The third-order valence-corrected chi connectivity index (χ3v) is 2.33. The first-order valence-electron chi connectivity index (χ1n) is 5.13. The zero-order valence-electron chi connectivity index (χ0n) is 9.55. The van der Waals surface area contributed by atoms with E-state index in [0.29, 0.717) is 6.29 Å². The predicted molar refractivity (Wildman–Crippen MR) is 54.7 cm³/mol. The molecule has 0 fully saturated rings. The van der Waals surface area contributed by atoms with Gasteiger partial charge >= 0.3 is 0 Å². The smallest absolute Gasteiger partial charge is 0.207 e. The van der Waals surface area contributed by atoms with Crippen molar-refractivity contribution in [2.75, 3.05) is 0 Å². The highest BCUT2D eigenvalue weighted by Gasteiger charge is 2.27. The Morgan fingerprint density at radius 2 is 1.50 bits per heavy atom. The van der Waals surface area contributed by atoms with Crippen LogP contribution >= 0.6 is 0 Å². The number of carbonyl (C=O) groups is 1. The first-order valence-corrected chi connectivity index (χ1v) is 5.13. The second-order valence-corrected chi connectivity index (χ2v) is 3.61. The van der Waals surface area contributed by atoms with Crippen LogP contribution in [0, 0.1) is 29.1 Å². The molecular weight excluding hydrogens is 287 g/mol. The minimum Gasteiger partial charge on any atom is -0.479 e. The Balaban J connectivity index is 2.27. The molecule has 0 aliphatic rings. The highest BCUT2D eigenvalue weighted by molar-refractivity contribution is 5.70. The Morgan fingerprint density at radius 3 is 2.00 bits per heavy atom. The van der Waals surface area contributed by atoms with E-state index in [1.165, 1.54) is 12.1 Å². The van der Waals surface area contributed by atoms with Crippen LogP contribution in [0.5, 0.6) is 5.75 Å². The molecule has 8 heteroatoms. The summed E-state index contributed by atoms with van der Waals surface area (Å²) in [6.45, 7) is -0.605. The van der Waals surface area contributed by atoms with Gasteiger partial charge in [0.1, 0.15) is 12.4 Å². The number of hydrogen-bond donors (Lipinski definition) is 0. The third kappa shape index (κ3) is 2.36. The van der Waals surface area contributed by atoms with E-state index in [2.05, 4.69) is 4.74 Å². The Kier molecular flexibility index (Phi) is 3.73. The highest BCUT2D eigenvalue weighted by atomic mass is 19.2. The molecule has 0 saturated carbocycles. The molecule has 20 heavy (non-hydrogen) atoms. The summed E-state index contributed by atoms with van der Waals surface area (Å²) in [5, 5.41) is 0. The number of halogens is 5. The van der Waals surface area contributed by atoms with Crippen molar-refractivity contribution in [3.05, 3.63) is 52.7 Å². The fourth-order valence-electron chi connectivity index (χ4n) is 1.39. The average Bonchev–Trinajstić information content (AvgIpc) is 2.91. The normalized spacial score (nSPS) is 10.7. The van der Waals surface area contributed by atoms with Crippen molar-refractivity contribution in [3.63, 3.8) is 0 Å². The molecule has 0 unspecified atom stereocenters. The van der Waals surface area contributed by atoms with Crippen LogP contribution in [-0.4, -0.2) is 6.29 Å². The van der Waals surface area contributed by atoms with Gasteiger partial charge in [-0.25, -0.2) is 13.2 Å². The summed E-state index contributed by atoms with van der Waals surface area (Å²) in [6.07, 6.45) is 0.377. The van der Waals surface area contributed by atoms with Crippen molar-refractivity contribution in [2.24, 2.45) is 0 Å². The first-order chi connectivity index (χ1) is 9.45. The van der Waals surface area contributed by atoms with Gasteiger partial charge in [0.05, 0.1) is 0 Å². The SMILES string of the molecule is O=Cc1ccc(COc2c(F)c(F)c(F)c(F)c2F)o1. The van der Waals surface area contributed by atoms with Gasteiger partial charge in [0, 0.05) is 0 Å². The molecule has 0 saturated heterocycles. The van der Waals surface area contributed by atoms with E-state index in [-0.39, 0.29) is 11.5 Å². The molecular formula is C12H5F5O3. The maximum absolute atomic E-state index is 13.2. The first kappa shape index (κ1) is 14.0. The summed E-state index contributed by atoms with van der Waals surface area (Å²) >= 11 is 0. The van der Waals surface area contributed by atoms with Crippen LogP contribution in [0.15, 0.2) is 16.5 Å². The minimum absolute atomic E-state index is 0.0176. The summed E-state index contributed by atoms with van der Waals surface area (Å²) < 4.78 is 74.4. The average molecular weight is 292 g/mol. The lowest BCUT2D eigenvalue weighted by atomic mass is 10.2. The van der Waals surface area contributed by atoms with Crippen molar-refractivity contribution in [3.8, 4) is 5.75 Å². The number of rotatable bonds is 4. The summed E-state index contributed by atoms with van der Waals surface area (Å²) in [5.41, 5.74) is 0. The molecule has 1 heterocycles. The van der Waals surface area contributed by atoms with Gasteiger partial charge in [0.2, 0.25) is 29.1 Å². The maximum Gasteiger partial charge on any atom is 0.207 e. The molecule has 0 atom stereocenters. The van der Waals surface area contributed by atoms with E-state index in [1.54, 1.807) is 0 Å². The Bertz CT molecular complexity index is 636. The Labute approximate surface area is 108 Å². The van der Waals surface area contributed by atoms with Gasteiger partial charge in [0.25, 0.3) is 0 Å². The molecule has 106 valence electrons. The number of carbonyl (C=O) groups excluding carboxylic acids is 1. The van der Waals surface area contributed by atoms with Crippen molar-refractivity contribution < 1.29 is 35.9 Å². The van der Waals surface area contributed by atoms with Crippen LogP contribution in [0.3, 0.4) is 0 Å². The van der Waals surface area contributed by atoms with Crippen LogP contribution in [0.2, 0.25) is 0 Å². The van der Waals surface area contributed by atoms with E-state index >= 15 is 0 Å². The number of benzene rings is 1. The molecule has 1 aromatic heterocycles. The minimum atomic E-state index is -2.27. The van der Waals surface area contributed by atoms with E-state index in [1.807, 2.05) is 0 Å². The van der Waals surface area contributed by atoms with Crippen LogP contribution in [0.4, 0.5) is 22.0 Å². The van der Waals surface area contributed by atoms with Crippen LogP contribution in [-0.2, 0) is 6.61 Å². The van der Waals surface area contributed by atoms with Crippen LogP contribution < -0.4 is 4.74 Å². The topological polar surface area (TPSA) is 39.4 Å². The lowest BCUT2D eigenvalue weighted by Crippen LogP contribution is -2.06. The van der Waals surface area contributed by atoms with E-state index in [0.717, 1.165) is 0 Å². The summed E-state index contributed by atoms with van der Waals surface area (Å²) in [4.78, 5) is 10.3. The molecule has 0 N–H and O–H groups in total. The van der Waals surface area contributed by atoms with Crippen molar-refractivity contribution in [1.29, 1.82) is 0 Å². The molecule has 0 aliphatic heterocycles. The van der Waals surface area contributed by atoms with Gasteiger partial charge in [0.15, 0.2) is 17.8 Å². The number of furan rings is 1. The van der Waals surface area contributed by atoms with Crippen molar-refractivity contribution >= 4 is 6.29 Å². The van der Waals surface area contributed by atoms with Gasteiger partial charge < -0.3 is 9.15 Å². The molecule has 0 aliphatic carbocycles. The second kappa shape index (κ2) is 5.32. The lowest BCUT2D eigenvalue weighted by molar-refractivity contribution is 0.109. The van der Waals surface area contributed by atoms with E-state index in [4.69, 9.17) is 4.42 Å². The van der Waals surface area contributed by atoms with Gasteiger partial charge in [-0.3, -0.25) is 4.79 Å². The van der Waals surface area contributed by atoms with Gasteiger partial charge in [-0.15, -0.1) is 0 Å². The number of hydrogen-bond acceptors (Lipinski definition) is 3. The molecule has 0 radical (unpaired) electrons. The summed E-state index contributed by atoms with van der Waals surface area (Å²) in [7, 11) is 0. The van der Waals surface area contributed by atoms with Gasteiger partial charge in [-0.2, -0.15) is 8.78 Å². The monoisotopic (exact) mass is 292 g/mol. The van der Waals surface area contributed by atoms with E-state index in [9.17, 15) is 26.7 Å². The molecule has 0 amide bonds. The fourth-order valence-corrected chi connectivity index (χ4v) is 1.39. The second-order valence-electron chi connectivity index (χ2n) is 3.61. The molecule has 1 aromatic carbocycles. The molecule has 0 spiro atoms. The summed E-state index contributed by atoms with van der Waals surface area (Å²) in [5.74, 6) is -12.1.